The van der Waals surface area contributed by atoms with Crippen LogP contribution >= 0.6 is 0 Å². The van der Waals surface area contributed by atoms with E-state index in [2.05, 4.69) is 4.90 Å². The van der Waals surface area contributed by atoms with Gasteiger partial charge in [0.2, 0.25) is 0 Å². The number of piperidine rings is 1. The Morgan fingerprint density at radius 2 is 1.35 bits per heavy atom. The van der Waals surface area contributed by atoms with Crippen LogP contribution in [0.15, 0.2) is 124 Å². The Balaban J connectivity index is 0.000000181. The highest BCUT2D eigenvalue weighted by Crippen LogP contribution is 2.36. The lowest BCUT2D eigenvalue weighted by atomic mass is 9.82. The van der Waals surface area contributed by atoms with Crippen molar-refractivity contribution in [2.45, 2.75) is 57.0 Å². The predicted molar refractivity (Wildman–Crippen MR) is 183 cm³/mol. The van der Waals surface area contributed by atoms with E-state index in [-0.39, 0.29) is 23.5 Å². The Labute approximate surface area is 271 Å². The van der Waals surface area contributed by atoms with Gasteiger partial charge in [0.25, 0.3) is 0 Å². The summed E-state index contributed by atoms with van der Waals surface area (Å²) in [5.41, 5.74) is 1.73. The molecule has 0 saturated carbocycles. The first-order chi connectivity index (χ1) is 22.4. The minimum Gasteiger partial charge on any atom is -0.507 e. The van der Waals surface area contributed by atoms with E-state index in [0.29, 0.717) is 11.0 Å². The quantitative estimate of drug-likeness (QED) is 0.156. The molecule has 2 N–H and O–H groups in total. The number of para-hydroxylation sites is 1. The Morgan fingerprint density at radius 3 is 1.93 bits per heavy atom. The van der Waals surface area contributed by atoms with Gasteiger partial charge in [-0.2, -0.15) is 0 Å². The topological polar surface area (TPSA) is 91.0 Å². The van der Waals surface area contributed by atoms with E-state index in [1.165, 1.54) is 39.3 Å². The third-order valence-electron chi connectivity index (χ3n) is 8.83. The second-order valence-corrected chi connectivity index (χ2v) is 12.1. The minimum atomic E-state index is -0.891. The van der Waals surface area contributed by atoms with E-state index in [9.17, 15) is 19.8 Å². The van der Waals surface area contributed by atoms with Crippen molar-refractivity contribution in [1.82, 2.24) is 4.90 Å². The van der Waals surface area contributed by atoms with Gasteiger partial charge in [0.1, 0.15) is 22.7 Å². The van der Waals surface area contributed by atoms with Gasteiger partial charge in [-0.3, -0.25) is 4.79 Å². The van der Waals surface area contributed by atoms with E-state index in [0.717, 1.165) is 36.1 Å². The van der Waals surface area contributed by atoms with Crippen LogP contribution in [0, 0.1) is 0 Å². The Morgan fingerprint density at radius 1 is 0.804 bits per heavy atom. The zero-order chi connectivity index (χ0) is 32.4. The Kier molecular flexibility index (Phi) is 11.2. The fourth-order valence-corrected chi connectivity index (χ4v) is 6.44. The molecule has 6 rings (SSSR count). The number of carbonyl (C=O) groups is 1. The van der Waals surface area contributed by atoms with Crippen molar-refractivity contribution in [3.05, 3.63) is 148 Å². The Hall–Kier alpha value is -4.52. The van der Waals surface area contributed by atoms with E-state index in [1.54, 1.807) is 24.3 Å². The molecule has 46 heavy (non-hydrogen) atoms. The minimum absolute atomic E-state index is 0.0641. The van der Waals surface area contributed by atoms with Gasteiger partial charge < -0.3 is 19.5 Å². The molecule has 6 nitrogen and oxygen atoms in total. The number of rotatable bonds is 10. The summed E-state index contributed by atoms with van der Waals surface area (Å²) in [6, 6.07) is 36.2. The molecule has 1 atom stereocenters. The fraction of sp³-hybridized carbons (Fsp3) is 0.300. The number of hydrogen-bond acceptors (Lipinski definition) is 6. The number of hydrogen-bond donors (Lipinski definition) is 2. The number of benzene rings is 4. The van der Waals surface area contributed by atoms with E-state index in [4.69, 9.17) is 4.42 Å². The normalized spacial score (nSPS) is 14.3. The zero-order valence-electron chi connectivity index (χ0n) is 26.5. The van der Waals surface area contributed by atoms with Gasteiger partial charge >= 0.3 is 5.63 Å². The van der Waals surface area contributed by atoms with Gasteiger partial charge in [-0.15, -0.1) is 0 Å². The average molecular weight is 618 g/mol. The highest BCUT2D eigenvalue weighted by atomic mass is 16.4. The molecular weight excluding hydrogens is 574 g/mol. The first kappa shape index (κ1) is 32.9. The molecule has 238 valence electrons. The Bertz CT molecular complexity index is 1710. The number of nitrogens with zero attached hydrogens (tertiary/aromatic N) is 1. The first-order valence-electron chi connectivity index (χ1n) is 16.2. The van der Waals surface area contributed by atoms with Gasteiger partial charge in [-0.1, -0.05) is 110 Å². The molecule has 4 aromatic carbocycles. The second-order valence-electron chi connectivity index (χ2n) is 12.1. The van der Waals surface area contributed by atoms with Crippen molar-refractivity contribution in [3.63, 3.8) is 0 Å². The van der Waals surface area contributed by atoms with Crippen LogP contribution in [0.5, 0.6) is 5.75 Å². The van der Waals surface area contributed by atoms with Crippen molar-refractivity contribution in [1.29, 1.82) is 0 Å². The molecule has 1 unspecified atom stereocenters. The molecule has 0 radical (unpaired) electrons. The molecule has 2 heterocycles. The van der Waals surface area contributed by atoms with Gasteiger partial charge in [0.05, 0.1) is 10.9 Å². The van der Waals surface area contributed by atoms with Crippen molar-refractivity contribution in [2.24, 2.45) is 0 Å². The van der Waals surface area contributed by atoms with Gasteiger partial charge in [-0.25, -0.2) is 4.79 Å². The zero-order valence-corrected chi connectivity index (χ0v) is 26.5. The number of fused-ring (bicyclic) bond motifs is 1. The van der Waals surface area contributed by atoms with E-state index in [1.807, 2.05) is 91.0 Å². The largest absolute Gasteiger partial charge is 0.507 e. The fourth-order valence-electron chi connectivity index (χ4n) is 6.44. The van der Waals surface area contributed by atoms with Crippen molar-refractivity contribution < 1.29 is 19.4 Å². The van der Waals surface area contributed by atoms with Crippen LogP contribution in [-0.2, 0) is 10.4 Å². The lowest BCUT2D eigenvalue weighted by Gasteiger charge is -2.32. The monoisotopic (exact) mass is 617 g/mol. The molecule has 1 fully saturated rings. The average Bonchev–Trinajstić information content (AvgIpc) is 3.09. The van der Waals surface area contributed by atoms with Gasteiger partial charge in [0.15, 0.2) is 0 Å². The summed E-state index contributed by atoms with van der Waals surface area (Å²) in [6.07, 6.45) is 5.91. The van der Waals surface area contributed by atoms with Crippen LogP contribution in [0.1, 0.15) is 73.6 Å². The summed E-state index contributed by atoms with van der Waals surface area (Å²) in [4.78, 5) is 26.6. The van der Waals surface area contributed by atoms with Crippen molar-refractivity contribution >= 4 is 16.8 Å². The number of likely N-dealkylation sites (tertiary alicyclic amines) is 1. The summed E-state index contributed by atoms with van der Waals surface area (Å²) in [7, 11) is 0. The molecular formula is C40H43NO5. The lowest BCUT2D eigenvalue weighted by Crippen LogP contribution is -2.33. The van der Waals surface area contributed by atoms with Gasteiger partial charge in [-0.05, 0) is 81.1 Å². The lowest BCUT2D eigenvalue weighted by molar-refractivity contribution is -0.117. The molecule has 0 spiro atoms. The highest BCUT2D eigenvalue weighted by Gasteiger charge is 2.31. The third kappa shape index (κ3) is 8.00. The van der Waals surface area contributed by atoms with Crippen LogP contribution in [0.2, 0.25) is 0 Å². The molecule has 1 aliphatic heterocycles. The van der Waals surface area contributed by atoms with Crippen LogP contribution in [0.25, 0.3) is 11.0 Å². The molecule has 1 saturated heterocycles. The summed E-state index contributed by atoms with van der Waals surface area (Å²) in [5.74, 6) is -0.715. The van der Waals surface area contributed by atoms with Crippen molar-refractivity contribution in [3.8, 4) is 5.75 Å². The SMILES string of the molecule is CC(=O)CC(c1ccccc1)c1c(O)c2ccccc2oc1=O.OC(CCCN1CCCCC1)(c1ccccc1)c1ccccc1. The maximum atomic E-state index is 12.4. The van der Waals surface area contributed by atoms with Crippen molar-refractivity contribution in [2.75, 3.05) is 19.6 Å². The standard InChI is InChI=1S/C21H27NO.C19H16O4/c23-21(19-11-4-1-5-12-19,20-13-6-2-7-14-20)15-10-18-22-16-8-3-9-17-22;1-12(20)11-15(13-7-3-2-4-8-13)17-18(21)14-9-5-6-10-16(14)23-19(17)22/h1-2,4-7,11-14,23H,3,8-10,15-18H2;2-10,15,21H,11H2,1H3. The second kappa shape index (κ2) is 15.7. The summed E-state index contributed by atoms with van der Waals surface area (Å²) in [5, 5.41) is 22.5. The molecule has 1 aliphatic rings. The first-order valence-corrected chi connectivity index (χ1v) is 16.2. The predicted octanol–water partition coefficient (Wildman–Crippen LogP) is 7.80. The third-order valence-corrected chi connectivity index (χ3v) is 8.83. The molecule has 6 heteroatoms. The molecule has 1 aromatic heterocycles. The summed E-state index contributed by atoms with van der Waals surface area (Å²) >= 11 is 0. The van der Waals surface area contributed by atoms with E-state index < -0.39 is 17.1 Å². The van der Waals surface area contributed by atoms with Gasteiger partial charge in [0, 0.05) is 12.3 Å². The number of carbonyl (C=O) groups excluding carboxylic acids is 1. The van der Waals surface area contributed by atoms with Crippen LogP contribution in [0.3, 0.4) is 0 Å². The number of aromatic hydroxyl groups is 1. The van der Waals surface area contributed by atoms with Crippen LogP contribution in [0.4, 0.5) is 0 Å². The number of Topliss-reactive ketones (excluding diaryl/α,β-unsaturated/α-hetero) is 1. The molecule has 5 aromatic rings. The highest BCUT2D eigenvalue weighted by molar-refractivity contribution is 5.85. The molecule has 0 bridgehead atoms. The smallest absolute Gasteiger partial charge is 0.343 e. The maximum Gasteiger partial charge on any atom is 0.343 e. The van der Waals surface area contributed by atoms with Crippen LogP contribution in [-0.4, -0.2) is 40.5 Å². The summed E-state index contributed by atoms with van der Waals surface area (Å²) in [6.45, 7) is 4.99. The molecule has 0 aliphatic carbocycles. The number of aliphatic hydroxyl groups is 1. The maximum absolute atomic E-state index is 12.4. The van der Waals surface area contributed by atoms with Crippen LogP contribution < -0.4 is 5.63 Å². The summed E-state index contributed by atoms with van der Waals surface area (Å²) < 4.78 is 5.33. The van der Waals surface area contributed by atoms with E-state index >= 15 is 0 Å². The number of ketones is 1. The molecule has 0 amide bonds.